The molecule has 0 fully saturated rings. The predicted octanol–water partition coefficient (Wildman–Crippen LogP) is 1.44. The van der Waals surface area contributed by atoms with Crippen LogP contribution in [0.1, 0.15) is 39.6 Å². The van der Waals surface area contributed by atoms with Crippen molar-refractivity contribution in [2.75, 3.05) is 0 Å². The van der Waals surface area contributed by atoms with Gasteiger partial charge in [0, 0.05) is 0 Å². The van der Waals surface area contributed by atoms with Crippen molar-refractivity contribution < 1.29 is 14.7 Å². The zero-order valence-corrected chi connectivity index (χ0v) is 8.49. The van der Waals surface area contributed by atoms with Crippen LogP contribution < -0.4 is 5.73 Å². The number of nitrogens with two attached hydrogens (primary N) is 1. The number of carboxylic acids is 1. The quantitative estimate of drug-likeness (QED) is 0.783. The van der Waals surface area contributed by atoms with Gasteiger partial charge in [0.25, 0.3) is 0 Å². The molecule has 0 aromatic heterocycles. The molecule has 80 valence electrons. The molecule has 0 spiro atoms. The third kappa shape index (κ3) is 2.34. The van der Waals surface area contributed by atoms with E-state index in [4.69, 9.17) is 10.8 Å². The molecule has 0 saturated carbocycles. The monoisotopic (exact) mass is 207 g/mol. The number of hydrogen-bond donors (Lipinski definition) is 2. The Morgan fingerprint density at radius 2 is 2.07 bits per heavy atom. The summed E-state index contributed by atoms with van der Waals surface area (Å²) in [5.74, 6) is -1.81. The van der Waals surface area contributed by atoms with E-state index < -0.39 is 11.9 Å². The van der Waals surface area contributed by atoms with Crippen LogP contribution in [0.2, 0.25) is 0 Å². The molecule has 0 atom stereocenters. The summed E-state index contributed by atoms with van der Waals surface area (Å²) in [5, 5.41) is 9.01. The maximum atomic E-state index is 11.0. The van der Waals surface area contributed by atoms with Gasteiger partial charge in [0.1, 0.15) is 0 Å². The number of aryl methyl sites for hydroxylation is 1. The molecular weight excluding hydrogens is 194 g/mol. The summed E-state index contributed by atoms with van der Waals surface area (Å²) in [6, 6.07) is 4.79. The van der Waals surface area contributed by atoms with Crippen LogP contribution in [0.5, 0.6) is 0 Å². The summed E-state index contributed by atoms with van der Waals surface area (Å²) in [5.41, 5.74) is 5.88. The number of benzene rings is 1. The Morgan fingerprint density at radius 3 is 2.53 bits per heavy atom. The Morgan fingerprint density at radius 1 is 1.40 bits per heavy atom. The third-order valence-electron chi connectivity index (χ3n) is 2.15. The molecule has 1 rings (SSSR count). The number of amides is 1. The lowest BCUT2D eigenvalue weighted by atomic mass is 9.97. The molecule has 1 amide bonds. The highest BCUT2D eigenvalue weighted by Crippen LogP contribution is 2.16. The highest BCUT2D eigenvalue weighted by Gasteiger charge is 2.17. The lowest BCUT2D eigenvalue weighted by Crippen LogP contribution is -2.17. The van der Waals surface area contributed by atoms with Crippen LogP contribution in [0.3, 0.4) is 0 Å². The van der Waals surface area contributed by atoms with E-state index in [1.165, 1.54) is 6.07 Å². The van der Waals surface area contributed by atoms with E-state index in [-0.39, 0.29) is 11.1 Å². The molecule has 4 heteroatoms. The highest BCUT2D eigenvalue weighted by molar-refractivity contribution is 6.05. The Balaban J connectivity index is 3.34. The fourth-order valence-corrected chi connectivity index (χ4v) is 1.54. The molecule has 1 aromatic carbocycles. The standard InChI is InChI=1S/C11H13NO3/c1-2-4-7-5-3-6-8(10(12)13)9(7)11(14)15/h3,5-6H,2,4H2,1H3,(H2,12,13)(H,14,15). The minimum Gasteiger partial charge on any atom is -0.478 e. The van der Waals surface area contributed by atoms with Crippen LogP contribution >= 0.6 is 0 Å². The van der Waals surface area contributed by atoms with Gasteiger partial charge in [-0.1, -0.05) is 25.5 Å². The van der Waals surface area contributed by atoms with E-state index in [2.05, 4.69) is 0 Å². The van der Waals surface area contributed by atoms with Crippen molar-refractivity contribution in [1.29, 1.82) is 0 Å². The zero-order valence-electron chi connectivity index (χ0n) is 8.49. The van der Waals surface area contributed by atoms with Gasteiger partial charge in [-0.25, -0.2) is 4.79 Å². The fourth-order valence-electron chi connectivity index (χ4n) is 1.54. The average molecular weight is 207 g/mol. The van der Waals surface area contributed by atoms with Gasteiger partial charge in [0.05, 0.1) is 11.1 Å². The molecule has 4 nitrogen and oxygen atoms in total. The van der Waals surface area contributed by atoms with Crippen LogP contribution in [0.25, 0.3) is 0 Å². The lowest BCUT2D eigenvalue weighted by molar-refractivity contribution is 0.0691. The summed E-state index contributed by atoms with van der Waals surface area (Å²) >= 11 is 0. The SMILES string of the molecule is CCCc1cccc(C(N)=O)c1C(=O)O. The van der Waals surface area contributed by atoms with Gasteiger partial charge >= 0.3 is 5.97 Å². The molecule has 0 unspecified atom stereocenters. The first-order valence-corrected chi connectivity index (χ1v) is 4.73. The van der Waals surface area contributed by atoms with E-state index in [0.29, 0.717) is 12.0 Å². The second-order valence-corrected chi connectivity index (χ2v) is 3.26. The van der Waals surface area contributed by atoms with Crippen molar-refractivity contribution in [3.8, 4) is 0 Å². The molecule has 0 radical (unpaired) electrons. The van der Waals surface area contributed by atoms with E-state index in [1.54, 1.807) is 12.1 Å². The molecule has 15 heavy (non-hydrogen) atoms. The van der Waals surface area contributed by atoms with Crippen molar-refractivity contribution in [2.24, 2.45) is 5.73 Å². The van der Waals surface area contributed by atoms with Gasteiger partial charge in [-0.05, 0) is 18.1 Å². The Bertz CT molecular complexity index is 399. The molecule has 0 bridgehead atoms. The van der Waals surface area contributed by atoms with Crippen molar-refractivity contribution in [3.05, 3.63) is 34.9 Å². The topological polar surface area (TPSA) is 80.4 Å². The maximum Gasteiger partial charge on any atom is 0.336 e. The van der Waals surface area contributed by atoms with E-state index in [0.717, 1.165) is 6.42 Å². The van der Waals surface area contributed by atoms with E-state index >= 15 is 0 Å². The zero-order chi connectivity index (χ0) is 11.4. The summed E-state index contributed by atoms with van der Waals surface area (Å²) in [6.45, 7) is 1.95. The summed E-state index contributed by atoms with van der Waals surface area (Å²) in [6.07, 6.45) is 1.45. The molecule has 0 heterocycles. The average Bonchev–Trinajstić information content (AvgIpc) is 2.17. The Kier molecular flexibility index (Phi) is 3.44. The number of carboxylic acid groups (broad SMARTS) is 1. The van der Waals surface area contributed by atoms with Gasteiger partial charge in [-0.2, -0.15) is 0 Å². The largest absolute Gasteiger partial charge is 0.478 e. The molecular formula is C11H13NO3. The van der Waals surface area contributed by atoms with Crippen LogP contribution in [0, 0.1) is 0 Å². The van der Waals surface area contributed by atoms with Gasteiger partial charge in [0.2, 0.25) is 5.91 Å². The third-order valence-corrected chi connectivity index (χ3v) is 2.15. The van der Waals surface area contributed by atoms with E-state index in [9.17, 15) is 9.59 Å². The second-order valence-electron chi connectivity index (χ2n) is 3.26. The van der Waals surface area contributed by atoms with Crippen molar-refractivity contribution in [1.82, 2.24) is 0 Å². The first-order chi connectivity index (χ1) is 7.07. The number of aromatic carboxylic acids is 1. The van der Waals surface area contributed by atoms with Crippen molar-refractivity contribution in [3.63, 3.8) is 0 Å². The van der Waals surface area contributed by atoms with Gasteiger partial charge < -0.3 is 10.8 Å². The molecule has 0 aliphatic heterocycles. The molecule has 1 aromatic rings. The minimum atomic E-state index is -1.10. The maximum absolute atomic E-state index is 11.0. The summed E-state index contributed by atoms with van der Waals surface area (Å²) in [7, 11) is 0. The van der Waals surface area contributed by atoms with Crippen LogP contribution in [-0.2, 0) is 6.42 Å². The molecule has 0 aliphatic carbocycles. The van der Waals surface area contributed by atoms with Gasteiger partial charge in [-0.3, -0.25) is 4.79 Å². The lowest BCUT2D eigenvalue weighted by Gasteiger charge is -2.08. The summed E-state index contributed by atoms with van der Waals surface area (Å²) < 4.78 is 0. The molecule has 3 N–H and O–H groups in total. The normalized spacial score (nSPS) is 9.93. The van der Waals surface area contributed by atoms with Crippen molar-refractivity contribution in [2.45, 2.75) is 19.8 Å². The number of hydrogen-bond acceptors (Lipinski definition) is 2. The van der Waals surface area contributed by atoms with Crippen LogP contribution in [0.4, 0.5) is 0 Å². The Labute approximate surface area is 87.7 Å². The van der Waals surface area contributed by atoms with Crippen LogP contribution in [-0.4, -0.2) is 17.0 Å². The predicted molar refractivity (Wildman–Crippen MR) is 55.9 cm³/mol. The molecule has 0 aliphatic rings. The molecule has 0 saturated heterocycles. The van der Waals surface area contributed by atoms with E-state index in [1.807, 2.05) is 6.92 Å². The van der Waals surface area contributed by atoms with Crippen LogP contribution in [0.15, 0.2) is 18.2 Å². The fraction of sp³-hybridized carbons (Fsp3) is 0.273. The smallest absolute Gasteiger partial charge is 0.336 e. The first kappa shape index (κ1) is 11.2. The van der Waals surface area contributed by atoms with Crippen molar-refractivity contribution >= 4 is 11.9 Å². The number of rotatable bonds is 4. The van der Waals surface area contributed by atoms with Gasteiger partial charge in [0.15, 0.2) is 0 Å². The number of primary amides is 1. The number of carbonyl (C=O) groups excluding carboxylic acids is 1. The highest BCUT2D eigenvalue weighted by atomic mass is 16.4. The number of carbonyl (C=O) groups is 2. The second kappa shape index (κ2) is 4.59. The van der Waals surface area contributed by atoms with Gasteiger partial charge in [-0.15, -0.1) is 0 Å². The first-order valence-electron chi connectivity index (χ1n) is 4.73. The Hall–Kier alpha value is -1.84. The summed E-state index contributed by atoms with van der Waals surface area (Å²) in [4.78, 5) is 22.1. The minimum absolute atomic E-state index is 0.0341.